The molecule has 2 heterocycles. The minimum Gasteiger partial charge on any atom is -0.469 e. The van der Waals surface area contributed by atoms with E-state index in [0.717, 1.165) is 11.3 Å². The maximum atomic E-state index is 12.1. The summed E-state index contributed by atoms with van der Waals surface area (Å²) in [6.45, 7) is 2.35. The van der Waals surface area contributed by atoms with Crippen LogP contribution < -0.4 is 9.62 Å². The molecule has 1 fully saturated rings. The van der Waals surface area contributed by atoms with Gasteiger partial charge in [-0.25, -0.2) is 8.42 Å². The van der Waals surface area contributed by atoms with Crippen LogP contribution in [0.25, 0.3) is 0 Å². The fraction of sp³-hybridized carbons (Fsp3) is 0.353. The van der Waals surface area contributed by atoms with Crippen LogP contribution in [0.2, 0.25) is 0 Å². The number of benzene rings is 1. The summed E-state index contributed by atoms with van der Waals surface area (Å²) < 4.78 is 30.9. The molecule has 1 aliphatic rings. The van der Waals surface area contributed by atoms with Crippen molar-refractivity contribution in [3.8, 4) is 0 Å². The average molecular weight is 348 g/mol. The molecule has 128 valence electrons. The molecule has 0 aliphatic carbocycles. The molecule has 0 radical (unpaired) electrons. The highest BCUT2D eigenvalue weighted by atomic mass is 32.2. The summed E-state index contributed by atoms with van der Waals surface area (Å²) >= 11 is 0. The molecule has 24 heavy (non-hydrogen) atoms. The van der Waals surface area contributed by atoms with Crippen LogP contribution in [0, 0.1) is 6.92 Å². The van der Waals surface area contributed by atoms with Crippen LogP contribution in [0.3, 0.4) is 0 Å². The smallest absolute Gasteiger partial charge is 0.235 e. The van der Waals surface area contributed by atoms with Crippen molar-refractivity contribution in [1.82, 2.24) is 0 Å². The fourth-order valence-corrected chi connectivity index (χ4v) is 4.40. The zero-order chi connectivity index (χ0) is 17.2. The van der Waals surface area contributed by atoms with Gasteiger partial charge in [0.15, 0.2) is 0 Å². The highest BCUT2D eigenvalue weighted by Gasteiger charge is 2.29. The molecule has 3 rings (SSSR count). The molecule has 1 aliphatic heterocycles. The number of aryl methyl sites for hydroxylation is 2. The van der Waals surface area contributed by atoms with E-state index in [0.29, 0.717) is 37.2 Å². The fourth-order valence-electron chi connectivity index (χ4n) is 2.78. The Morgan fingerprint density at radius 3 is 2.83 bits per heavy atom. The van der Waals surface area contributed by atoms with Gasteiger partial charge in [0.1, 0.15) is 5.76 Å². The lowest BCUT2D eigenvalue weighted by atomic mass is 10.1. The second-order valence-electron chi connectivity index (χ2n) is 5.87. The predicted molar refractivity (Wildman–Crippen MR) is 92.6 cm³/mol. The zero-order valence-electron chi connectivity index (χ0n) is 13.5. The lowest BCUT2D eigenvalue weighted by Crippen LogP contribution is -2.26. The molecule has 0 unspecified atom stereocenters. The van der Waals surface area contributed by atoms with Gasteiger partial charge in [-0.1, -0.05) is 6.07 Å². The summed E-state index contributed by atoms with van der Waals surface area (Å²) in [7, 11) is -3.24. The minimum atomic E-state index is -3.24. The minimum absolute atomic E-state index is 0.134. The molecule has 1 saturated heterocycles. The van der Waals surface area contributed by atoms with Gasteiger partial charge >= 0.3 is 0 Å². The molecular formula is C17H20N2O4S. The Balaban J connectivity index is 1.70. The molecule has 2 aromatic rings. The van der Waals surface area contributed by atoms with Crippen LogP contribution in [0.15, 0.2) is 41.0 Å². The Hall–Kier alpha value is -2.28. The number of nitrogens with zero attached hydrogens (tertiary/aromatic N) is 1. The first kappa shape index (κ1) is 16.6. The van der Waals surface area contributed by atoms with Crippen molar-refractivity contribution < 1.29 is 17.6 Å². The number of amides is 1. The molecule has 1 N–H and O–H groups in total. The Labute approximate surface area is 141 Å². The lowest BCUT2D eigenvalue weighted by molar-refractivity contribution is -0.116. The second kappa shape index (κ2) is 6.68. The van der Waals surface area contributed by atoms with Crippen molar-refractivity contribution in [3.05, 3.63) is 47.9 Å². The topological polar surface area (TPSA) is 79.6 Å². The first-order valence-corrected chi connectivity index (χ1v) is 9.50. The van der Waals surface area contributed by atoms with Crippen molar-refractivity contribution >= 4 is 27.3 Å². The predicted octanol–water partition coefficient (Wildman–Crippen LogP) is 2.70. The van der Waals surface area contributed by atoms with Gasteiger partial charge in [-0.05, 0) is 43.2 Å². The third-order valence-corrected chi connectivity index (χ3v) is 5.89. The largest absolute Gasteiger partial charge is 0.469 e. The normalized spacial score (nSPS) is 16.3. The molecule has 1 aromatic carbocycles. The van der Waals surface area contributed by atoms with Crippen molar-refractivity contribution in [2.45, 2.75) is 26.2 Å². The maximum Gasteiger partial charge on any atom is 0.235 e. The Kier molecular flexibility index (Phi) is 4.62. The van der Waals surface area contributed by atoms with E-state index in [2.05, 4.69) is 5.32 Å². The number of nitrogens with one attached hydrogen (secondary N) is 1. The van der Waals surface area contributed by atoms with Gasteiger partial charge in [-0.3, -0.25) is 9.10 Å². The summed E-state index contributed by atoms with van der Waals surface area (Å²) in [5, 5.41) is 2.82. The van der Waals surface area contributed by atoms with Crippen LogP contribution in [0.1, 0.15) is 24.2 Å². The summed E-state index contributed by atoms with van der Waals surface area (Å²) in [6.07, 6.45) is 3.04. The van der Waals surface area contributed by atoms with E-state index in [-0.39, 0.29) is 11.7 Å². The van der Waals surface area contributed by atoms with Crippen molar-refractivity contribution in [2.75, 3.05) is 21.9 Å². The molecule has 0 atom stereocenters. The van der Waals surface area contributed by atoms with Crippen LogP contribution in [0.5, 0.6) is 0 Å². The Bertz CT molecular complexity index is 828. The third kappa shape index (κ3) is 3.62. The molecule has 7 heteroatoms. The molecule has 6 nitrogen and oxygen atoms in total. The van der Waals surface area contributed by atoms with E-state index < -0.39 is 10.0 Å². The van der Waals surface area contributed by atoms with E-state index in [4.69, 9.17) is 4.42 Å². The quantitative estimate of drug-likeness (QED) is 0.901. The second-order valence-corrected chi connectivity index (χ2v) is 7.88. The first-order chi connectivity index (χ1) is 11.5. The highest BCUT2D eigenvalue weighted by Crippen LogP contribution is 2.30. The number of hydrogen-bond acceptors (Lipinski definition) is 4. The molecular weight excluding hydrogens is 328 g/mol. The van der Waals surface area contributed by atoms with Crippen molar-refractivity contribution in [3.63, 3.8) is 0 Å². The third-order valence-electron chi connectivity index (χ3n) is 4.04. The molecule has 0 bridgehead atoms. The van der Waals surface area contributed by atoms with Crippen LogP contribution in [-0.4, -0.2) is 26.6 Å². The number of furan rings is 1. The van der Waals surface area contributed by atoms with Gasteiger partial charge < -0.3 is 9.73 Å². The monoisotopic (exact) mass is 348 g/mol. The number of anilines is 2. The number of carbonyl (C=O) groups is 1. The number of carbonyl (C=O) groups excluding carboxylic acids is 1. The molecule has 1 amide bonds. The maximum absolute atomic E-state index is 12.1. The van der Waals surface area contributed by atoms with Gasteiger partial charge in [0.2, 0.25) is 15.9 Å². The van der Waals surface area contributed by atoms with E-state index in [9.17, 15) is 13.2 Å². The van der Waals surface area contributed by atoms with Gasteiger partial charge in [0.05, 0.1) is 17.7 Å². The molecule has 0 spiro atoms. The zero-order valence-corrected chi connectivity index (χ0v) is 14.3. The lowest BCUT2D eigenvalue weighted by Gasteiger charge is -2.20. The highest BCUT2D eigenvalue weighted by molar-refractivity contribution is 7.93. The molecule has 0 saturated carbocycles. The van der Waals surface area contributed by atoms with E-state index in [1.807, 2.05) is 19.1 Å². The SMILES string of the molecule is Cc1ccc(NC(=O)CCc2ccco2)cc1N1CCCS1(=O)=O. The first-order valence-electron chi connectivity index (χ1n) is 7.89. The van der Waals surface area contributed by atoms with Gasteiger partial charge in [-0.2, -0.15) is 0 Å². The van der Waals surface area contributed by atoms with Gasteiger partial charge in [0.25, 0.3) is 0 Å². The summed E-state index contributed by atoms with van der Waals surface area (Å²) in [4.78, 5) is 12.1. The van der Waals surface area contributed by atoms with Crippen LogP contribution >= 0.6 is 0 Å². The summed E-state index contributed by atoms with van der Waals surface area (Å²) in [5.74, 6) is 0.801. The Morgan fingerprint density at radius 2 is 2.17 bits per heavy atom. The average Bonchev–Trinajstić information content (AvgIpc) is 3.16. The summed E-state index contributed by atoms with van der Waals surface area (Å²) in [5.41, 5.74) is 2.10. The van der Waals surface area contributed by atoms with Gasteiger partial charge in [-0.15, -0.1) is 0 Å². The Morgan fingerprint density at radius 1 is 1.33 bits per heavy atom. The van der Waals surface area contributed by atoms with Crippen LogP contribution in [0.4, 0.5) is 11.4 Å². The van der Waals surface area contributed by atoms with E-state index in [1.54, 1.807) is 24.5 Å². The van der Waals surface area contributed by atoms with Crippen molar-refractivity contribution in [1.29, 1.82) is 0 Å². The van der Waals surface area contributed by atoms with E-state index >= 15 is 0 Å². The molecule has 1 aromatic heterocycles. The summed E-state index contributed by atoms with van der Waals surface area (Å²) in [6, 6.07) is 8.95. The number of sulfonamides is 1. The van der Waals surface area contributed by atoms with E-state index in [1.165, 1.54) is 4.31 Å². The number of rotatable bonds is 5. The number of hydrogen-bond donors (Lipinski definition) is 1. The van der Waals surface area contributed by atoms with Crippen LogP contribution in [-0.2, 0) is 21.2 Å². The van der Waals surface area contributed by atoms with Crippen molar-refractivity contribution in [2.24, 2.45) is 0 Å². The standard InChI is InChI=1S/C17H20N2O4S/c1-13-5-6-14(12-16(13)19-9-3-11-24(19,21)22)18-17(20)8-7-15-4-2-10-23-15/h2,4-6,10,12H,3,7-9,11H2,1H3,(H,18,20). The van der Waals surface area contributed by atoms with Gasteiger partial charge in [0, 0.05) is 25.1 Å².